The lowest BCUT2D eigenvalue weighted by atomic mass is 10.2. The van der Waals surface area contributed by atoms with Crippen LogP contribution in [0.3, 0.4) is 0 Å². The molecule has 0 aliphatic rings. The molecular formula is C10H8ClF3N2O4. The lowest BCUT2D eigenvalue weighted by Gasteiger charge is -2.23. The highest BCUT2D eigenvalue weighted by Crippen LogP contribution is 2.32. The quantitative estimate of drug-likeness (QED) is 0.667. The van der Waals surface area contributed by atoms with E-state index >= 15 is 0 Å². The lowest BCUT2D eigenvalue weighted by Crippen LogP contribution is -2.38. The van der Waals surface area contributed by atoms with E-state index in [9.17, 15) is 28.1 Å². The third-order valence-electron chi connectivity index (χ3n) is 2.17. The van der Waals surface area contributed by atoms with Crippen LogP contribution >= 0.6 is 11.6 Å². The molecule has 0 spiro atoms. The summed E-state index contributed by atoms with van der Waals surface area (Å²) in [5.74, 6) is -1.55. The number of alkyl halides is 3. The molecule has 0 heterocycles. The van der Waals surface area contributed by atoms with Gasteiger partial charge in [-0.15, -0.1) is 0 Å². The van der Waals surface area contributed by atoms with Gasteiger partial charge in [-0.3, -0.25) is 14.9 Å². The van der Waals surface area contributed by atoms with E-state index in [2.05, 4.69) is 0 Å². The van der Waals surface area contributed by atoms with Gasteiger partial charge in [0.2, 0.25) is 0 Å². The maximum atomic E-state index is 12.4. The van der Waals surface area contributed by atoms with Gasteiger partial charge in [-0.05, 0) is 12.1 Å². The Balaban J connectivity index is 3.28. The minimum atomic E-state index is -4.72. The number of hydrogen-bond acceptors (Lipinski definition) is 4. The van der Waals surface area contributed by atoms with Crippen molar-refractivity contribution < 1.29 is 28.0 Å². The third-order valence-corrected chi connectivity index (χ3v) is 2.41. The van der Waals surface area contributed by atoms with Crippen molar-refractivity contribution in [1.82, 2.24) is 0 Å². The van der Waals surface area contributed by atoms with E-state index in [1.165, 1.54) is 0 Å². The van der Waals surface area contributed by atoms with Crippen LogP contribution in [0.4, 0.5) is 24.5 Å². The second-order valence-corrected chi connectivity index (χ2v) is 4.19. The molecular weight excluding hydrogens is 305 g/mol. The number of benzene rings is 1. The first-order chi connectivity index (χ1) is 9.10. The number of carboxylic acid groups (broad SMARTS) is 1. The van der Waals surface area contributed by atoms with Crippen molar-refractivity contribution in [3.8, 4) is 0 Å². The van der Waals surface area contributed by atoms with Crippen LogP contribution in [0, 0.1) is 10.1 Å². The summed E-state index contributed by atoms with van der Waals surface area (Å²) in [5.41, 5.74) is -1.15. The molecule has 0 saturated carbocycles. The number of carbonyl (C=O) groups is 1. The first kappa shape index (κ1) is 16.0. The molecule has 1 N–H and O–H groups in total. The molecule has 0 amide bonds. The average molecular weight is 313 g/mol. The van der Waals surface area contributed by atoms with Gasteiger partial charge in [0, 0.05) is 11.1 Å². The predicted molar refractivity (Wildman–Crippen MR) is 64.0 cm³/mol. The summed E-state index contributed by atoms with van der Waals surface area (Å²) in [6.07, 6.45) is -4.72. The zero-order valence-corrected chi connectivity index (χ0v) is 10.5. The van der Waals surface area contributed by atoms with Crippen molar-refractivity contribution in [3.05, 3.63) is 33.3 Å². The van der Waals surface area contributed by atoms with Gasteiger partial charge < -0.3 is 10.0 Å². The number of rotatable bonds is 5. The third kappa shape index (κ3) is 4.57. The van der Waals surface area contributed by atoms with Crippen LogP contribution in [0.1, 0.15) is 0 Å². The van der Waals surface area contributed by atoms with Gasteiger partial charge in [0.15, 0.2) is 0 Å². The summed E-state index contributed by atoms with van der Waals surface area (Å²) < 4.78 is 37.3. The standard InChI is InChI=1S/C10H8ClF3N2O4/c11-6-1-2-7(16(19)20)8(3-6)15(4-9(17)18)5-10(12,13)14/h1-3H,4-5H2,(H,17,18). The molecule has 20 heavy (non-hydrogen) atoms. The number of nitro groups is 1. The van der Waals surface area contributed by atoms with Gasteiger partial charge in [0.05, 0.1) is 4.92 Å². The topological polar surface area (TPSA) is 83.7 Å². The minimum absolute atomic E-state index is 0.0387. The molecule has 0 saturated heterocycles. The fourth-order valence-corrected chi connectivity index (χ4v) is 1.68. The van der Waals surface area contributed by atoms with E-state index in [1.807, 2.05) is 0 Å². The predicted octanol–water partition coefficient (Wildman–Crippen LogP) is 2.70. The summed E-state index contributed by atoms with van der Waals surface area (Å²) in [6.45, 7) is -2.68. The fourth-order valence-electron chi connectivity index (χ4n) is 1.51. The van der Waals surface area contributed by atoms with Gasteiger partial charge in [-0.2, -0.15) is 13.2 Å². The minimum Gasteiger partial charge on any atom is -0.480 e. The Morgan fingerprint density at radius 3 is 2.50 bits per heavy atom. The summed E-state index contributed by atoms with van der Waals surface area (Å²) in [5, 5.41) is 19.4. The number of hydrogen-bond donors (Lipinski definition) is 1. The van der Waals surface area contributed by atoms with Crippen molar-refractivity contribution >= 4 is 28.9 Å². The molecule has 1 aromatic carbocycles. The maximum absolute atomic E-state index is 12.4. The van der Waals surface area contributed by atoms with Crippen molar-refractivity contribution in [2.75, 3.05) is 18.0 Å². The Morgan fingerprint density at radius 2 is 2.05 bits per heavy atom. The number of carboxylic acids is 1. The van der Waals surface area contributed by atoms with E-state index in [-0.39, 0.29) is 5.02 Å². The first-order valence-electron chi connectivity index (χ1n) is 5.07. The highest BCUT2D eigenvalue weighted by Gasteiger charge is 2.34. The molecule has 110 valence electrons. The van der Waals surface area contributed by atoms with Crippen molar-refractivity contribution in [1.29, 1.82) is 0 Å². The largest absolute Gasteiger partial charge is 0.480 e. The van der Waals surface area contributed by atoms with E-state index < -0.39 is 41.5 Å². The van der Waals surface area contributed by atoms with Crippen molar-refractivity contribution in [2.45, 2.75) is 6.18 Å². The van der Waals surface area contributed by atoms with Crippen LogP contribution in [0.25, 0.3) is 0 Å². The van der Waals surface area contributed by atoms with Gasteiger partial charge in [-0.25, -0.2) is 0 Å². The Labute approximate surface area is 115 Å². The molecule has 1 aromatic rings. The fraction of sp³-hybridized carbons (Fsp3) is 0.300. The molecule has 0 aliphatic heterocycles. The van der Waals surface area contributed by atoms with Crippen LogP contribution in [-0.4, -0.2) is 35.3 Å². The molecule has 0 bridgehead atoms. The van der Waals surface area contributed by atoms with E-state index in [0.29, 0.717) is 4.90 Å². The smallest absolute Gasteiger partial charge is 0.405 e. The van der Waals surface area contributed by atoms with Crippen LogP contribution < -0.4 is 4.90 Å². The highest BCUT2D eigenvalue weighted by atomic mass is 35.5. The van der Waals surface area contributed by atoms with Crippen molar-refractivity contribution in [2.24, 2.45) is 0 Å². The summed E-state index contributed by atoms with van der Waals surface area (Å²) in [7, 11) is 0. The van der Waals surface area contributed by atoms with E-state index in [4.69, 9.17) is 16.7 Å². The van der Waals surface area contributed by atoms with Gasteiger partial charge >= 0.3 is 12.1 Å². The van der Waals surface area contributed by atoms with E-state index in [0.717, 1.165) is 18.2 Å². The molecule has 0 atom stereocenters. The molecule has 0 radical (unpaired) electrons. The molecule has 0 aromatic heterocycles. The zero-order valence-electron chi connectivity index (χ0n) is 9.72. The Kier molecular flexibility index (Phi) is 4.77. The molecule has 0 unspecified atom stereocenters. The summed E-state index contributed by atoms with van der Waals surface area (Å²) in [4.78, 5) is 20.9. The number of halogens is 4. The average Bonchev–Trinajstić information content (AvgIpc) is 2.24. The Bertz CT molecular complexity index is 536. The number of nitrogens with zero attached hydrogens (tertiary/aromatic N) is 2. The lowest BCUT2D eigenvalue weighted by molar-refractivity contribution is -0.384. The monoisotopic (exact) mass is 312 g/mol. The van der Waals surface area contributed by atoms with Crippen LogP contribution in [0.5, 0.6) is 0 Å². The highest BCUT2D eigenvalue weighted by molar-refractivity contribution is 6.31. The van der Waals surface area contributed by atoms with Crippen LogP contribution in [-0.2, 0) is 4.79 Å². The van der Waals surface area contributed by atoms with E-state index in [1.54, 1.807) is 0 Å². The number of aliphatic carboxylic acids is 1. The van der Waals surface area contributed by atoms with Crippen LogP contribution in [0.15, 0.2) is 18.2 Å². The molecule has 10 heteroatoms. The maximum Gasteiger partial charge on any atom is 0.405 e. The van der Waals surface area contributed by atoms with Crippen molar-refractivity contribution in [3.63, 3.8) is 0 Å². The Morgan fingerprint density at radius 1 is 1.45 bits per heavy atom. The van der Waals surface area contributed by atoms with Gasteiger partial charge in [0.25, 0.3) is 5.69 Å². The summed E-state index contributed by atoms with van der Waals surface area (Å²) >= 11 is 5.60. The molecule has 0 fully saturated rings. The second-order valence-electron chi connectivity index (χ2n) is 3.76. The first-order valence-corrected chi connectivity index (χ1v) is 5.45. The molecule has 0 aliphatic carbocycles. The van der Waals surface area contributed by atoms with Gasteiger partial charge in [-0.1, -0.05) is 11.6 Å². The van der Waals surface area contributed by atoms with Gasteiger partial charge in [0.1, 0.15) is 18.8 Å². The number of nitro benzene ring substituents is 1. The molecule has 6 nitrogen and oxygen atoms in total. The normalized spacial score (nSPS) is 11.2. The Hall–Kier alpha value is -2.03. The summed E-state index contributed by atoms with van der Waals surface area (Å²) in [6, 6.07) is 2.98. The van der Waals surface area contributed by atoms with Crippen LogP contribution in [0.2, 0.25) is 5.02 Å². The zero-order chi connectivity index (χ0) is 15.5. The number of anilines is 1. The SMILES string of the molecule is O=C(O)CN(CC(F)(F)F)c1cc(Cl)ccc1[N+](=O)[O-]. The molecule has 1 rings (SSSR count). The second kappa shape index (κ2) is 5.95.